The van der Waals surface area contributed by atoms with E-state index in [2.05, 4.69) is 56.2 Å². The van der Waals surface area contributed by atoms with Crippen LogP contribution in [0.3, 0.4) is 0 Å². The Morgan fingerprint density at radius 1 is 0.811 bits per heavy atom. The molecule has 0 fully saturated rings. The maximum absolute atomic E-state index is 6.03. The highest BCUT2D eigenvalue weighted by Gasteiger charge is 2.16. The molecule has 5 aromatic rings. The number of ether oxygens (including phenoxy) is 2. The van der Waals surface area contributed by atoms with Gasteiger partial charge < -0.3 is 13.9 Å². The molecule has 0 aliphatic carbocycles. The minimum Gasteiger partial charge on any atom is -0.497 e. The van der Waals surface area contributed by atoms with Crippen LogP contribution in [0.1, 0.15) is 29.8 Å². The van der Waals surface area contributed by atoms with Crippen molar-refractivity contribution in [3.63, 3.8) is 0 Å². The first-order valence-corrected chi connectivity index (χ1v) is 13.0. The number of benzene rings is 3. The van der Waals surface area contributed by atoms with Crippen molar-refractivity contribution in [3.05, 3.63) is 102 Å². The molecule has 0 atom stereocenters. The Balaban J connectivity index is 1.30. The fourth-order valence-electron chi connectivity index (χ4n) is 3.72. The number of methoxy groups -OCH3 is 1. The van der Waals surface area contributed by atoms with Gasteiger partial charge in [0, 0.05) is 5.56 Å². The van der Waals surface area contributed by atoms with E-state index < -0.39 is 0 Å². The molecule has 0 N–H and O–H groups in total. The van der Waals surface area contributed by atoms with Gasteiger partial charge in [0.05, 0.1) is 19.4 Å². The van der Waals surface area contributed by atoms with E-state index in [1.165, 1.54) is 17.3 Å². The van der Waals surface area contributed by atoms with E-state index in [1.807, 2.05) is 54.6 Å². The fourth-order valence-corrected chi connectivity index (χ4v) is 4.51. The lowest BCUT2D eigenvalue weighted by atomic mass is 10.2. The van der Waals surface area contributed by atoms with Gasteiger partial charge in [0.1, 0.15) is 18.1 Å². The van der Waals surface area contributed by atoms with Crippen LogP contribution in [0, 0.1) is 0 Å². The normalized spacial score (nSPS) is 11.0. The summed E-state index contributed by atoms with van der Waals surface area (Å²) < 4.78 is 19.2. The lowest BCUT2D eigenvalue weighted by Crippen LogP contribution is -2.09. The lowest BCUT2D eigenvalue weighted by molar-refractivity contribution is 0.289. The van der Waals surface area contributed by atoms with Crippen LogP contribution in [0.4, 0.5) is 0 Å². The van der Waals surface area contributed by atoms with Crippen LogP contribution in [0.5, 0.6) is 11.5 Å². The molecule has 188 valence electrons. The first kappa shape index (κ1) is 24.6. The van der Waals surface area contributed by atoms with Crippen LogP contribution in [-0.2, 0) is 25.3 Å². The molecule has 2 heterocycles. The Labute approximate surface area is 219 Å². The van der Waals surface area contributed by atoms with Crippen LogP contribution < -0.4 is 9.47 Å². The van der Waals surface area contributed by atoms with Crippen molar-refractivity contribution in [1.82, 2.24) is 25.0 Å². The smallest absolute Gasteiger partial charge is 0.247 e. The molecule has 0 amide bonds. The molecule has 0 saturated heterocycles. The fraction of sp³-hybridized carbons (Fsp3) is 0.214. The maximum atomic E-state index is 6.03. The van der Waals surface area contributed by atoms with Crippen LogP contribution in [0.2, 0.25) is 0 Å². The van der Waals surface area contributed by atoms with Crippen LogP contribution in [0.15, 0.2) is 88.4 Å². The number of nitrogens with zero attached hydrogens (tertiary/aromatic N) is 5. The SMILES string of the molecule is CCc1ccc(OCc2nnc(SCc3nnc(-c4ccc(OC)cc4)o3)n2Cc2ccccc2)cc1. The molecule has 2 aromatic heterocycles. The highest BCUT2D eigenvalue weighted by Crippen LogP contribution is 2.26. The maximum Gasteiger partial charge on any atom is 0.247 e. The Morgan fingerprint density at radius 2 is 1.57 bits per heavy atom. The zero-order chi connectivity index (χ0) is 25.5. The quantitative estimate of drug-likeness (QED) is 0.204. The van der Waals surface area contributed by atoms with E-state index in [1.54, 1.807) is 7.11 Å². The summed E-state index contributed by atoms with van der Waals surface area (Å²) in [4.78, 5) is 0. The summed E-state index contributed by atoms with van der Waals surface area (Å²) in [5, 5.41) is 18.0. The van der Waals surface area contributed by atoms with Crippen LogP contribution in [-0.4, -0.2) is 32.1 Å². The third-order valence-electron chi connectivity index (χ3n) is 5.81. The zero-order valence-electron chi connectivity index (χ0n) is 20.7. The number of rotatable bonds is 11. The molecule has 0 spiro atoms. The first-order valence-electron chi connectivity index (χ1n) is 12.0. The van der Waals surface area contributed by atoms with Gasteiger partial charge in [-0.25, -0.2) is 0 Å². The van der Waals surface area contributed by atoms with Gasteiger partial charge in [-0.05, 0) is 53.9 Å². The van der Waals surface area contributed by atoms with Gasteiger partial charge in [-0.2, -0.15) is 0 Å². The second-order valence-corrected chi connectivity index (χ2v) is 9.22. The van der Waals surface area contributed by atoms with Gasteiger partial charge in [-0.15, -0.1) is 20.4 Å². The van der Waals surface area contributed by atoms with Crippen molar-refractivity contribution in [3.8, 4) is 23.0 Å². The molecule has 8 nitrogen and oxygen atoms in total. The second kappa shape index (κ2) is 11.7. The average molecular weight is 514 g/mol. The van der Waals surface area contributed by atoms with Crippen molar-refractivity contribution < 1.29 is 13.9 Å². The van der Waals surface area contributed by atoms with E-state index >= 15 is 0 Å². The molecule has 37 heavy (non-hydrogen) atoms. The monoisotopic (exact) mass is 513 g/mol. The number of hydrogen-bond donors (Lipinski definition) is 0. The molecule has 0 saturated carbocycles. The molecular weight excluding hydrogens is 486 g/mol. The molecule has 5 rings (SSSR count). The summed E-state index contributed by atoms with van der Waals surface area (Å²) in [6, 6.07) is 25.9. The third-order valence-corrected chi connectivity index (χ3v) is 6.76. The van der Waals surface area contributed by atoms with E-state index in [0.717, 1.165) is 40.0 Å². The van der Waals surface area contributed by atoms with Crippen molar-refractivity contribution >= 4 is 11.8 Å². The van der Waals surface area contributed by atoms with Crippen molar-refractivity contribution in [2.75, 3.05) is 7.11 Å². The van der Waals surface area contributed by atoms with Gasteiger partial charge in [-0.1, -0.05) is 61.2 Å². The summed E-state index contributed by atoms with van der Waals surface area (Å²) >= 11 is 1.50. The Hall–Kier alpha value is -4.11. The van der Waals surface area contributed by atoms with Gasteiger partial charge in [0.25, 0.3) is 0 Å². The Kier molecular flexibility index (Phi) is 7.81. The topological polar surface area (TPSA) is 88.1 Å². The molecule has 0 bridgehead atoms. The zero-order valence-corrected chi connectivity index (χ0v) is 21.5. The van der Waals surface area contributed by atoms with E-state index in [4.69, 9.17) is 13.9 Å². The largest absolute Gasteiger partial charge is 0.497 e. The average Bonchev–Trinajstić information content (AvgIpc) is 3.58. The number of aromatic nitrogens is 5. The highest BCUT2D eigenvalue weighted by atomic mass is 32.2. The summed E-state index contributed by atoms with van der Waals surface area (Å²) in [6.45, 7) is 3.08. The summed E-state index contributed by atoms with van der Waals surface area (Å²) in [6.07, 6.45) is 0.994. The first-order chi connectivity index (χ1) is 18.2. The van der Waals surface area contributed by atoms with Crippen molar-refractivity contribution in [2.24, 2.45) is 0 Å². The van der Waals surface area contributed by atoms with Crippen LogP contribution >= 0.6 is 11.8 Å². The van der Waals surface area contributed by atoms with E-state index in [-0.39, 0.29) is 0 Å². The van der Waals surface area contributed by atoms with Crippen LogP contribution in [0.25, 0.3) is 11.5 Å². The van der Waals surface area contributed by atoms with Gasteiger partial charge in [-0.3, -0.25) is 4.57 Å². The molecule has 9 heteroatoms. The van der Waals surface area contributed by atoms with Gasteiger partial charge >= 0.3 is 0 Å². The molecule has 0 aliphatic rings. The Bertz CT molecular complexity index is 1420. The van der Waals surface area contributed by atoms with Gasteiger partial charge in [0.2, 0.25) is 11.8 Å². The van der Waals surface area contributed by atoms with Crippen molar-refractivity contribution in [2.45, 2.75) is 37.4 Å². The summed E-state index contributed by atoms with van der Waals surface area (Å²) in [5.74, 6) is 3.77. The predicted molar refractivity (Wildman–Crippen MR) is 142 cm³/mol. The molecule has 0 aliphatic heterocycles. The number of aryl methyl sites for hydroxylation is 1. The molecule has 0 unspecified atom stereocenters. The predicted octanol–water partition coefficient (Wildman–Crippen LogP) is 5.82. The van der Waals surface area contributed by atoms with E-state index in [0.29, 0.717) is 30.7 Å². The lowest BCUT2D eigenvalue weighted by Gasteiger charge is -2.11. The summed E-state index contributed by atoms with van der Waals surface area (Å²) in [5.41, 5.74) is 3.26. The number of thioether (sulfide) groups is 1. The number of hydrogen-bond acceptors (Lipinski definition) is 8. The highest BCUT2D eigenvalue weighted by molar-refractivity contribution is 7.98. The minimum atomic E-state index is 0.314. The standard InChI is InChI=1S/C28H27N5O3S/c1-3-20-9-13-24(14-10-20)35-18-25-29-32-28(33(25)17-21-7-5-4-6-8-21)37-19-26-30-31-27(36-26)22-11-15-23(34-2)16-12-22/h4-16H,3,17-19H2,1-2H3. The molecule has 0 radical (unpaired) electrons. The van der Waals surface area contributed by atoms with Gasteiger partial charge in [0.15, 0.2) is 11.0 Å². The van der Waals surface area contributed by atoms with E-state index in [9.17, 15) is 0 Å². The Morgan fingerprint density at radius 3 is 2.30 bits per heavy atom. The second-order valence-electron chi connectivity index (χ2n) is 8.27. The summed E-state index contributed by atoms with van der Waals surface area (Å²) in [7, 11) is 1.63. The van der Waals surface area contributed by atoms with Crippen molar-refractivity contribution in [1.29, 1.82) is 0 Å². The third kappa shape index (κ3) is 6.18. The molecule has 3 aromatic carbocycles. The minimum absolute atomic E-state index is 0.314. The molecular formula is C28H27N5O3S.